The number of aliphatic hydroxyl groups is 1. The molecule has 1 aromatic carbocycles. The highest BCUT2D eigenvalue weighted by atomic mass is 16.5. The van der Waals surface area contributed by atoms with Crippen LogP contribution in [-0.2, 0) is 4.74 Å². The van der Waals surface area contributed by atoms with Gasteiger partial charge in [0.2, 0.25) is 0 Å². The van der Waals surface area contributed by atoms with Crippen LogP contribution in [0.4, 0.5) is 11.4 Å². The molecule has 6 nitrogen and oxygen atoms in total. The van der Waals surface area contributed by atoms with Crippen molar-refractivity contribution in [3.63, 3.8) is 0 Å². The van der Waals surface area contributed by atoms with E-state index in [0.717, 1.165) is 5.69 Å². The number of anilines is 2. The number of benzene rings is 1. The number of ether oxygens (including phenoxy) is 1. The van der Waals surface area contributed by atoms with Crippen LogP contribution in [0.25, 0.3) is 0 Å². The number of hydrogen-bond donors (Lipinski definition) is 3. The molecular formula is C14H23N3O3. The number of aliphatic hydroxyl groups excluding tert-OH is 1. The average molecular weight is 281 g/mol. The van der Waals surface area contributed by atoms with E-state index in [1.807, 2.05) is 25.1 Å². The second-order valence-corrected chi connectivity index (χ2v) is 4.81. The number of nitrogens with zero attached hydrogens (tertiary/aromatic N) is 1. The molecule has 1 rings (SSSR count). The van der Waals surface area contributed by atoms with Crippen molar-refractivity contribution in [1.82, 2.24) is 5.32 Å². The molecule has 0 radical (unpaired) electrons. The maximum Gasteiger partial charge on any atom is 0.251 e. The van der Waals surface area contributed by atoms with Gasteiger partial charge in [0.15, 0.2) is 0 Å². The van der Waals surface area contributed by atoms with E-state index < -0.39 is 0 Å². The summed E-state index contributed by atoms with van der Waals surface area (Å²) in [5.74, 6) is -0.225. The summed E-state index contributed by atoms with van der Waals surface area (Å²) in [6.07, 6.45) is 0.449. The Labute approximate surface area is 119 Å². The summed E-state index contributed by atoms with van der Waals surface area (Å²) in [7, 11) is 5.34. The van der Waals surface area contributed by atoms with Gasteiger partial charge < -0.3 is 25.8 Å². The normalized spacial score (nSPS) is 12.0. The van der Waals surface area contributed by atoms with Gasteiger partial charge in [-0.3, -0.25) is 4.79 Å². The molecule has 112 valence electrons. The van der Waals surface area contributed by atoms with E-state index in [-0.39, 0.29) is 18.6 Å². The molecule has 0 heterocycles. The lowest BCUT2D eigenvalue weighted by Gasteiger charge is -2.18. The number of carbonyl (C=O) groups excluding carboxylic acids is 1. The topological polar surface area (TPSA) is 87.8 Å². The zero-order valence-electron chi connectivity index (χ0n) is 12.2. The van der Waals surface area contributed by atoms with Crippen LogP contribution in [0.5, 0.6) is 0 Å². The molecule has 0 saturated carbocycles. The second kappa shape index (κ2) is 7.72. The van der Waals surface area contributed by atoms with Gasteiger partial charge in [0.25, 0.3) is 5.91 Å². The van der Waals surface area contributed by atoms with Crippen LogP contribution in [0.3, 0.4) is 0 Å². The molecule has 0 saturated heterocycles. The van der Waals surface area contributed by atoms with Crippen molar-refractivity contribution in [1.29, 1.82) is 0 Å². The van der Waals surface area contributed by atoms with Gasteiger partial charge in [0, 0.05) is 33.4 Å². The lowest BCUT2D eigenvalue weighted by Crippen LogP contribution is -2.38. The van der Waals surface area contributed by atoms with Gasteiger partial charge in [-0.1, -0.05) is 0 Å². The van der Waals surface area contributed by atoms with Crippen molar-refractivity contribution in [3.05, 3.63) is 23.8 Å². The van der Waals surface area contributed by atoms with Crippen LogP contribution in [0.15, 0.2) is 18.2 Å². The SMILES string of the molecule is COCC(CCO)NC(=O)c1ccc(N(C)C)c(N)c1. The Morgan fingerprint density at radius 1 is 1.50 bits per heavy atom. The molecule has 1 amide bonds. The quantitative estimate of drug-likeness (QED) is 0.632. The molecule has 6 heteroatoms. The summed E-state index contributed by atoms with van der Waals surface area (Å²) in [4.78, 5) is 14.0. The number of rotatable bonds is 7. The lowest BCUT2D eigenvalue weighted by molar-refractivity contribution is 0.0879. The molecule has 1 unspecified atom stereocenters. The minimum absolute atomic E-state index is 0.00396. The molecule has 0 aromatic heterocycles. The van der Waals surface area contributed by atoms with E-state index in [0.29, 0.717) is 24.3 Å². The Balaban J connectivity index is 2.78. The maximum absolute atomic E-state index is 12.1. The first-order valence-electron chi connectivity index (χ1n) is 6.47. The predicted molar refractivity (Wildman–Crippen MR) is 80.0 cm³/mol. The van der Waals surface area contributed by atoms with Crippen LogP contribution < -0.4 is 16.0 Å². The summed E-state index contributed by atoms with van der Waals surface area (Å²) in [6, 6.07) is 4.96. The third kappa shape index (κ3) is 4.40. The minimum Gasteiger partial charge on any atom is -0.397 e. The van der Waals surface area contributed by atoms with E-state index in [2.05, 4.69) is 5.32 Å². The third-order valence-electron chi connectivity index (χ3n) is 2.95. The molecule has 1 aromatic rings. The fourth-order valence-corrected chi connectivity index (χ4v) is 1.93. The number of hydrogen-bond acceptors (Lipinski definition) is 5. The van der Waals surface area contributed by atoms with E-state index in [9.17, 15) is 4.79 Å². The van der Waals surface area contributed by atoms with Crippen molar-refractivity contribution >= 4 is 17.3 Å². The highest BCUT2D eigenvalue weighted by Gasteiger charge is 2.14. The van der Waals surface area contributed by atoms with Crippen LogP contribution in [0.2, 0.25) is 0 Å². The number of nitrogens with two attached hydrogens (primary N) is 1. The summed E-state index contributed by atoms with van der Waals surface area (Å²) in [5.41, 5.74) is 7.83. The van der Waals surface area contributed by atoms with Crippen LogP contribution in [-0.4, -0.2) is 51.5 Å². The summed E-state index contributed by atoms with van der Waals surface area (Å²) in [6.45, 7) is 0.355. The standard InChI is InChI=1S/C14H23N3O3/c1-17(2)13-5-4-10(8-12(13)15)14(19)16-11(6-7-18)9-20-3/h4-5,8,11,18H,6-7,9,15H2,1-3H3,(H,16,19). The lowest BCUT2D eigenvalue weighted by atomic mass is 10.1. The fraction of sp³-hybridized carbons (Fsp3) is 0.500. The Morgan fingerprint density at radius 2 is 2.20 bits per heavy atom. The number of nitrogens with one attached hydrogen (secondary N) is 1. The van der Waals surface area contributed by atoms with Gasteiger partial charge in [-0.15, -0.1) is 0 Å². The molecular weight excluding hydrogens is 258 g/mol. The molecule has 0 aliphatic rings. The van der Waals surface area contributed by atoms with Crippen molar-refractivity contribution in [3.8, 4) is 0 Å². The van der Waals surface area contributed by atoms with Crippen molar-refractivity contribution < 1.29 is 14.6 Å². The van der Waals surface area contributed by atoms with Crippen LogP contribution in [0.1, 0.15) is 16.8 Å². The van der Waals surface area contributed by atoms with Gasteiger partial charge in [-0.2, -0.15) is 0 Å². The minimum atomic E-state index is -0.225. The Bertz CT molecular complexity index is 443. The highest BCUT2D eigenvalue weighted by Crippen LogP contribution is 2.22. The Hall–Kier alpha value is -1.79. The highest BCUT2D eigenvalue weighted by molar-refractivity contribution is 5.96. The Kier molecular flexibility index (Phi) is 6.27. The number of amides is 1. The van der Waals surface area contributed by atoms with Crippen LogP contribution in [0, 0.1) is 0 Å². The monoisotopic (exact) mass is 281 g/mol. The maximum atomic E-state index is 12.1. The zero-order valence-corrected chi connectivity index (χ0v) is 12.2. The smallest absolute Gasteiger partial charge is 0.251 e. The van der Waals surface area contributed by atoms with E-state index >= 15 is 0 Å². The molecule has 0 aliphatic carbocycles. The molecule has 0 aliphatic heterocycles. The molecule has 1 atom stereocenters. The largest absolute Gasteiger partial charge is 0.397 e. The molecule has 0 fully saturated rings. The first-order chi connectivity index (χ1) is 9.49. The van der Waals surface area contributed by atoms with Gasteiger partial charge in [-0.05, 0) is 24.6 Å². The number of methoxy groups -OCH3 is 1. The van der Waals surface area contributed by atoms with E-state index in [4.69, 9.17) is 15.6 Å². The first-order valence-corrected chi connectivity index (χ1v) is 6.47. The number of carbonyl (C=O) groups is 1. The number of nitrogen functional groups attached to an aromatic ring is 1. The molecule has 0 spiro atoms. The summed E-state index contributed by atoms with van der Waals surface area (Å²) in [5, 5.41) is 11.8. The summed E-state index contributed by atoms with van der Waals surface area (Å²) < 4.78 is 5.01. The second-order valence-electron chi connectivity index (χ2n) is 4.81. The van der Waals surface area contributed by atoms with Crippen molar-refractivity contribution in [2.75, 3.05) is 45.1 Å². The van der Waals surface area contributed by atoms with E-state index in [1.54, 1.807) is 19.2 Å². The molecule has 4 N–H and O–H groups in total. The van der Waals surface area contributed by atoms with E-state index in [1.165, 1.54) is 0 Å². The summed E-state index contributed by atoms with van der Waals surface area (Å²) >= 11 is 0. The van der Waals surface area contributed by atoms with Crippen molar-refractivity contribution in [2.45, 2.75) is 12.5 Å². The third-order valence-corrected chi connectivity index (χ3v) is 2.95. The predicted octanol–water partition coefficient (Wildman–Crippen LogP) is 0.462. The van der Waals surface area contributed by atoms with Gasteiger partial charge in [0.1, 0.15) is 0 Å². The fourth-order valence-electron chi connectivity index (χ4n) is 1.93. The van der Waals surface area contributed by atoms with Crippen LogP contribution >= 0.6 is 0 Å². The van der Waals surface area contributed by atoms with Gasteiger partial charge in [-0.25, -0.2) is 0 Å². The Morgan fingerprint density at radius 3 is 2.70 bits per heavy atom. The average Bonchev–Trinajstić information content (AvgIpc) is 2.38. The van der Waals surface area contributed by atoms with Crippen molar-refractivity contribution in [2.24, 2.45) is 0 Å². The molecule has 0 bridgehead atoms. The molecule has 20 heavy (non-hydrogen) atoms. The zero-order chi connectivity index (χ0) is 15.1. The van der Waals surface area contributed by atoms with Gasteiger partial charge in [0.05, 0.1) is 24.0 Å². The van der Waals surface area contributed by atoms with Gasteiger partial charge >= 0.3 is 0 Å². The first kappa shape index (κ1) is 16.3.